The molecule has 1 aromatic rings. The van der Waals surface area contributed by atoms with Gasteiger partial charge in [0.25, 0.3) is 5.91 Å². The Balaban J connectivity index is 1.96. The van der Waals surface area contributed by atoms with Crippen LogP contribution in [0.25, 0.3) is 0 Å². The van der Waals surface area contributed by atoms with Crippen molar-refractivity contribution in [2.24, 2.45) is 0 Å². The molecule has 0 spiro atoms. The zero-order chi connectivity index (χ0) is 10.7. The Hall–Kier alpha value is -1.55. The topological polar surface area (TPSA) is 64.3 Å². The van der Waals surface area contributed by atoms with Crippen molar-refractivity contribution in [2.45, 2.75) is 18.9 Å². The molecule has 1 aliphatic heterocycles. The van der Waals surface area contributed by atoms with Gasteiger partial charge >= 0.3 is 0 Å². The lowest BCUT2D eigenvalue weighted by atomic mass is 10.2. The van der Waals surface area contributed by atoms with Crippen molar-refractivity contribution >= 4 is 17.3 Å². The van der Waals surface area contributed by atoms with Gasteiger partial charge in [-0.25, -0.2) is 0 Å². The molecule has 0 saturated carbocycles. The number of carbonyl (C=O) groups is 1. The lowest BCUT2D eigenvalue weighted by molar-refractivity contribution is -0.124. The fourth-order valence-electron chi connectivity index (χ4n) is 1.57. The third kappa shape index (κ3) is 2.47. The van der Waals surface area contributed by atoms with Gasteiger partial charge in [0.2, 0.25) is 0 Å². The van der Waals surface area contributed by atoms with E-state index in [2.05, 4.69) is 5.32 Å². The molecular formula is C11H14N2O2. The van der Waals surface area contributed by atoms with Gasteiger partial charge in [-0.3, -0.25) is 4.79 Å². The van der Waals surface area contributed by atoms with Gasteiger partial charge in [0.1, 0.15) is 6.10 Å². The minimum absolute atomic E-state index is 0.0720. The summed E-state index contributed by atoms with van der Waals surface area (Å²) < 4.78 is 5.27. The second-order valence-electron chi connectivity index (χ2n) is 3.61. The normalized spacial score (nSPS) is 20.1. The molecule has 0 aromatic heterocycles. The summed E-state index contributed by atoms with van der Waals surface area (Å²) in [4.78, 5) is 11.6. The molecule has 80 valence electrons. The maximum atomic E-state index is 11.6. The summed E-state index contributed by atoms with van der Waals surface area (Å²) >= 11 is 0. The summed E-state index contributed by atoms with van der Waals surface area (Å²) in [7, 11) is 0. The Morgan fingerprint density at radius 3 is 2.73 bits per heavy atom. The van der Waals surface area contributed by atoms with Crippen molar-refractivity contribution in [3.8, 4) is 0 Å². The van der Waals surface area contributed by atoms with Crippen LogP contribution < -0.4 is 11.1 Å². The molecule has 1 aromatic carbocycles. The largest absolute Gasteiger partial charge is 0.399 e. The highest BCUT2D eigenvalue weighted by molar-refractivity contribution is 5.94. The van der Waals surface area contributed by atoms with Crippen molar-refractivity contribution in [2.75, 3.05) is 17.7 Å². The standard InChI is InChI=1S/C11H14N2O2/c12-8-3-5-9(6-4-8)13-11(14)10-2-1-7-15-10/h3-6,10H,1-2,7,12H2,(H,13,14)/t10-/m1/s1. The van der Waals surface area contributed by atoms with Crippen molar-refractivity contribution in [3.63, 3.8) is 0 Å². The van der Waals surface area contributed by atoms with Gasteiger partial charge in [0, 0.05) is 18.0 Å². The number of amides is 1. The second kappa shape index (κ2) is 4.31. The number of hydrogen-bond acceptors (Lipinski definition) is 3. The Labute approximate surface area is 88.4 Å². The average molecular weight is 206 g/mol. The summed E-state index contributed by atoms with van der Waals surface area (Å²) in [5, 5.41) is 2.79. The first-order chi connectivity index (χ1) is 7.25. The third-order valence-corrected chi connectivity index (χ3v) is 2.40. The first-order valence-corrected chi connectivity index (χ1v) is 5.04. The molecule has 0 bridgehead atoms. The van der Waals surface area contributed by atoms with Crippen molar-refractivity contribution in [1.29, 1.82) is 0 Å². The molecule has 4 nitrogen and oxygen atoms in total. The lowest BCUT2D eigenvalue weighted by Crippen LogP contribution is -2.26. The van der Waals surface area contributed by atoms with E-state index in [9.17, 15) is 4.79 Å². The van der Waals surface area contributed by atoms with Crippen LogP contribution in [0.15, 0.2) is 24.3 Å². The van der Waals surface area contributed by atoms with Gasteiger partial charge in [0.05, 0.1) is 0 Å². The molecule has 4 heteroatoms. The highest BCUT2D eigenvalue weighted by Crippen LogP contribution is 2.16. The molecule has 1 atom stereocenters. The number of anilines is 2. The fraction of sp³-hybridized carbons (Fsp3) is 0.364. The molecule has 2 rings (SSSR count). The van der Waals surface area contributed by atoms with E-state index in [0.717, 1.165) is 18.5 Å². The predicted molar refractivity (Wildman–Crippen MR) is 58.5 cm³/mol. The quantitative estimate of drug-likeness (QED) is 0.718. The number of nitrogens with one attached hydrogen (secondary N) is 1. The summed E-state index contributed by atoms with van der Waals surface area (Å²) in [6.07, 6.45) is 1.48. The Bertz CT molecular complexity index is 342. The van der Waals surface area contributed by atoms with Gasteiger partial charge in [-0.15, -0.1) is 0 Å². The van der Waals surface area contributed by atoms with E-state index >= 15 is 0 Å². The number of nitrogen functional groups attached to an aromatic ring is 1. The fourth-order valence-corrected chi connectivity index (χ4v) is 1.57. The van der Waals surface area contributed by atoms with Gasteiger partial charge in [-0.2, -0.15) is 0 Å². The molecule has 0 radical (unpaired) electrons. The number of ether oxygens (including phenoxy) is 1. The predicted octanol–water partition coefficient (Wildman–Crippen LogP) is 1.39. The first-order valence-electron chi connectivity index (χ1n) is 5.04. The summed E-state index contributed by atoms with van der Waals surface area (Å²) in [5.41, 5.74) is 6.98. The highest BCUT2D eigenvalue weighted by atomic mass is 16.5. The van der Waals surface area contributed by atoms with Gasteiger partial charge < -0.3 is 15.8 Å². The smallest absolute Gasteiger partial charge is 0.253 e. The minimum atomic E-state index is -0.289. The van der Waals surface area contributed by atoms with E-state index in [1.54, 1.807) is 24.3 Å². The molecule has 3 N–H and O–H groups in total. The second-order valence-corrected chi connectivity index (χ2v) is 3.61. The van der Waals surface area contributed by atoms with E-state index in [1.165, 1.54) is 0 Å². The first kappa shape index (κ1) is 9.98. The molecular weight excluding hydrogens is 192 g/mol. The molecule has 15 heavy (non-hydrogen) atoms. The summed E-state index contributed by atoms with van der Waals surface area (Å²) in [5.74, 6) is -0.0720. The molecule has 1 heterocycles. The Kier molecular flexibility index (Phi) is 2.87. The lowest BCUT2D eigenvalue weighted by Gasteiger charge is -2.10. The van der Waals surface area contributed by atoms with Crippen LogP contribution in [0.4, 0.5) is 11.4 Å². The SMILES string of the molecule is Nc1ccc(NC(=O)[C@H]2CCCO2)cc1. The van der Waals surface area contributed by atoms with Crippen LogP contribution in [0.3, 0.4) is 0 Å². The van der Waals surface area contributed by atoms with Crippen LogP contribution in [0.5, 0.6) is 0 Å². The highest BCUT2D eigenvalue weighted by Gasteiger charge is 2.23. The van der Waals surface area contributed by atoms with Crippen LogP contribution in [0.1, 0.15) is 12.8 Å². The van der Waals surface area contributed by atoms with E-state index in [0.29, 0.717) is 12.3 Å². The van der Waals surface area contributed by atoms with Crippen molar-refractivity contribution < 1.29 is 9.53 Å². The number of hydrogen-bond donors (Lipinski definition) is 2. The number of nitrogens with two attached hydrogens (primary N) is 1. The van der Waals surface area contributed by atoms with Crippen LogP contribution in [0.2, 0.25) is 0 Å². The van der Waals surface area contributed by atoms with Crippen LogP contribution >= 0.6 is 0 Å². The molecule has 0 aliphatic carbocycles. The maximum Gasteiger partial charge on any atom is 0.253 e. The summed E-state index contributed by atoms with van der Waals surface area (Å²) in [6, 6.07) is 7.07. The van der Waals surface area contributed by atoms with E-state index in [1.807, 2.05) is 0 Å². The zero-order valence-corrected chi connectivity index (χ0v) is 8.40. The van der Waals surface area contributed by atoms with Gasteiger partial charge in [-0.05, 0) is 37.1 Å². The zero-order valence-electron chi connectivity index (χ0n) is 8.40. The maximum absolute atomic E-state index is 11.6. The Morgan fingerprint density at radius 1 is 1.40 bits per heavy atom. The molecule has 1 amide bonds. The summed E-state index contributed by atoms with van der Waals surface area (Å²) in [6.45, 7) is 0.680. The monoisotopic (exact) mass is 206 g/mol. The van der Waals surface area contributed by atoms with Crippen LogP contribution in [-0.4, -0.2) is 18.6 Å². The number of rotatable bonds is 2. The van der Waals surface area contributed by atoms with Gasteiger partial charge in [0.15, 0.2) is 0 Å². The van der Waals surface area contributed by atoms with Crippen molar-refractivity contribution in [3.05, 3.63) is 24.3 Å². The molecule has 1 saturated heterocycles. The minimum Gasteiger partial charge on any atom is -0.399 e. The third-order valence-electron chi connectivity index (χ3n) is 2.40. The van der Waals surface area contributed by atoms with Crippen LogP contribution in [0, 0.1) is 0 Å². The molecule has 1 aliphatic rings. The Morgan fingerprint density at radius 2 is 2.13 bits per heavy atom. The van der Waals surface area contributed by atoms with Crippen LogP contribution in [-0.2, 0) is 9.53 Å². The molecule has 1 fully saturated rings. The van der Waals surface area contributed by atoms with E-state index in [4.69, 9.17) is 10.5 Å². The number of carbonyl (C=O) groups excluding carboxylic acids is 1. The molecule has 0 unspecified atom stereocenters. The van der Waals surface area contributed by atoms with Gasteiger partial charge in [-0.1, -0.05) is 0 Å². The van der Waals surface area contributed by atoms with E-state index < -0.39 is 0 Å². The number of benzene rings is 1. The van der Waals surface area contributed by atoms with E-state index in [-0.39, 0.29) is 12.0 Å². The van der Waals surface area contributed by atoms with Crippen molar-refractivity contribution in [1.82, 2.24) is 0 Å². The average Bonchev–Trinajstić information content (AvgIpc) is 2.74.